The van der Waals surface area contributed by atoms with Crippen LogP contribution in [0, 0.1) is 0 Å². The van der Waals surface area contributed by atoms with Crippen LogP contribution in [0.1, 0.15) is 38.4 Å². The maximum atomic E-state index is 11.3. The zero-order valence-electron chi connectivity index (χ0n) is 12.8. The Morgan fingerprint density at radius 2 is 1.95 bits per heavy atom. The van der Waals surface area contributed by atoms with Crippen molar-refractivity contribution in [1.29, 1.82) is 0 Å². The zero-order valence-corrected chi connectivity index (χ0v) is 12.8. The van der Waals surface area contributed by atoms with Crippen LogP contribution in [-0.2, 0) is 9.53 Å². The van der Waals surface area contributed by atoms with Crippen LogP contribution in [0.4, 0.5) is 0 Å². The summed E-state index contributed by atoms with van der Waals surface area (Å²) >= 11 is 0. The number of phenols is 1. The van der Waals surface area contributed by atoms with Crippen LogP contribution in [-0.4, -0.2) is 34.0 Å². The van der Waals surface area contributed by atoms with Gasteiger partial charge in [-0.2, -0.15) is 0 Å². The minimum atomic E-state index is -1.19. The number of carbonyl (C=O) groups excluding carboxylic acids is 1. The molecule has 0 aliphatic heterocycles. The summed E-state index contributed by atoms with van der Waals surface area (Å²) in [6.07, 6.45) is 0.256. The smallest absolute Gasteiger partial charge is 0.335 e. The van der Waals surface area contributed by atoms with Crippen LogP contribution in [0.5, 0.6) is 5.75 Å². The molecule has 0 aliphatic carbocycles. The molecule has 0 aliphatic rings. The van der Waals surface area contributed by atoms with Crippen molar-refractivity contribution >= 4 is 5.97 Å². The van der Waals surface area contributed by atoms with E-state index >= 15 is 0 Å². The lowest BCUT2D eigenvalue weighted by Crippen LogP contribution is -2.23. The molecule has 0 unspecified atom stereocenters. The number of aromatic hydroxyl groups is 1. The molecule has 22 heavy (non-hydrogen) atoms. The van der Waals surface area contributed by atoms with E-state index in [0.717, 1.165) is 0 Å². The number of ether oxygens (including phenoxy) is 1. The summed E-state index contributed by atoms with van der Waals surface area (Å²) < 4.78 is 4.71. The van der Waals surface area contributed by atoms with Crippen LogP contribution in [0.15, 0.2) is 41.6 Å². The first-order chi connectivity index (χ1) is 10.4. The number of rotatable bonds is 7. The molecular formula is C17H22O5. The molecule has 0 spiro atoms. The number of esters is 1. The van der Waals surface area contributed by atoms with E-state index in [9.17, 15) is 20.1 Å². The van der Waals surface area contributed by atoms with E-state index in [1.807, 2.05) is 0 Å². The molecule has 0 heterocycles. The number of aliphatic hydroxyl groups is 2. The predicted molar refractivity (Wildman–Crippen MR) is 82.2 cm³/mol. The average molecular weight is 306 g/mol. The van der Waals surface area contributed by atoms with Gasteiger partial charge in [0.1, 0.15) is 5.75 Å². The highest BCUT2D eigenvalue weighted by atomic mass is 16.5. The lowest BCUT2D eigenvalue weighted by Gasteiger charge is -2.09. The topological polar surface area (TPSA) is 87.0 Å². The van der Waals surface area contributed by atoms with Crippen molar-refractivity contribution in [1.82, 2.24) is 0 Å². The number of aliphatic hydroxyl groups excluding tert-OH is 2. The fraction of sp³-hybridized carbons (Fsp3) is 0.412. The third-order valence-electron chi connectivity index (χ3n) is 3.03. The lowest BCUT2D eigenvalue weighted by molar-refractivity contribution is -0.152. The van der Waals surface area contributed by atoms with E-state index in [-0.39, 0.29) is 18.8 Å². The van der Waals surface area contributed by atoms with Gasteiger partial charge in [0.2, 0.25) is 0 Å². The number of hydrogen-bond donors (Lipinski definition) is 3. The summed E-state index contributed by atoms with van der Waals surface area (Å²) in [4.78, 5) is 11.3. The Morgan fingerprint density at radius 1 is 1.32 bits per heavy atom. The molecule has 0 aromatic heterocycles. The molecule has 0 saturated carbocycles. The maximum Gasteiger partial charge on any atom is 0.335 e. The molecular weight excluding hydrogens is 284 g/mol. The minimum absolute atomic E-state index is 0.143. The van der Waals surface area contributed by atoms with Crippen LogP contribution in [0.25, 0.3) is 0 Å². The standard InChI is InChI=1S/C17H22O5/c1-3-22-17(21)16(20)11-12(2)5-4-6-15(19)13-7-9-14(18)10-8-13/h4,7-10,15-16,18-20H,3,6,11H2,1-2H3/t5?,15-,16-/m1/s1. The quantitative estimate of drug-likeness (QED) is 0.531. The van der Waals surface area contributed by atoms with Crippen molar-refractivity contribution in [2.75, 3.05) is 6.61 Å². The molecule has 1 aromatic rings. The molecule has 0 amide bonds. The third kappa shape index (κ3) is 6.14. The summed E-state index contributed by atoms with van der Waals surface area (Å²) in [7, 11) is 0. The van der Waals surface area contributed by atoms with Crippen molar-refractivity contribution in [3.63, 3.8) is 0 Å². The number of phenolic OH excluding ortho intramolecular Hbond substituents is 1. The van der Waals surface area contributed by atoms with E-state index in [2.05, 4.69) is 5.73 Å². The van der Waals surface area contributed by atoms with E-state index in [1.165, 1.54) is 12.1 Å². The second kappa shape index (κ2) is 9.05. The fourth-order valence-corrected chi connectivity index (χ4v) is 1.85. The van der Waals surface area contributed by atoms with Crippen molar-refractivity contribution < 1.29 is 24.9 Å². The second-order valence-corrected chi connectivity index (χ2v) is 4.94. The summed E-state index contributed by atoms with van der Waals surface area (Å²) in [5.41, 5.74) is 4.32. The monoisotopic (exact) mass is 306 g/mol. The van der Waals surface area contributed by atoms with E-state index in [4.69, 9.17) is 4.74 Å². The van der Waals surface area contributed by atoms with Gasteiger partial charge in [-0.05, 0) is 43.2 Å². The summed E-state index contributed by atoms with van der Waals surface area (Å²) in [6, 6.07) is 6.32. The highest BCUT2D eigenvalue weighted by Gasteiger charge is 2.16. The van der Waals surface area contributed by atoms with Gasteiger partial charge in [0, 0.05) is 12.8 Å². The SMILES string of the molecule is CCOC(=O)[C@H](O)CC(C)=C=CC[C@@H](O)c1ccc(O)cc1. The van der Waals surface area contributed by atoms with Gasteiger partial charge in [-0.1, -0.05) is 12.1 Å². The van der Waals surface area contributed by atoms with Crippen LogP contribution in [0.3, 0.4) is 0 Å². The molecule has 1 aromatic carbocycles. The van der Waals surface area contributed by atoms with Crippen LogP contribution >= 0.6 is 0 Å². The largest absolute Gasteiger partial charge is 0.508 e. The van der Waals surface area contributed by atoms with Gasteiger partial charge in [0.15, 0.2) is 6.10 Å². The Bertz CT molecular complexity index is 541. The summed E-state index contributed by atoms with van der Waals surface area (Å²) in [5.74, 6) is -0.497. The van der Waals surface area contributed by atoms with Gasteiger partial charge in [0.05, 0.1) is 12.7 Å². The predicted octanol–water partition coefficient (Wildman–Crippen LogP) is 2.23. The molecule has 0 bridgehead atoms. The van der Waals surface area contributed by atoms with E-state index in [1.54, 1.807) is 32.1 Å². The van der Waals surface area contributed by atoms with Crippen molar-refractivity contribution in [2.45, 2.75) is 38.9 Å². The normalized spacial score (nSPS) is 12.9. The van der Waals surface area contributed by atoms with Gasteiger partial charge in [-0.25, -0.2) is 4.79 Å². The Kier molecular flexibility index (Phi) is 7.40. The highest BCUT2D eigenvalue weighted by Crippen LogP contribution is 2.19. The van der Waals surface area contributed by atoms with Gasteiger partial charge < -0.3 is 20.1 Å². The maximum absolute atomic E-state index is 11.3. The highest BCUT2D eigenvalue weighted by molar-refractivity contribution is 5.74. The Hall–Kier alpha value is -2.07. The van der Waals surface area contributed by atoms with E-state index < -0.39 is 18.2 Å². The number of benzene rings is 1. The Morgan fingerprint density at radius 3 is 2.55 bits per heavy atom. The molecule has 0 saturated heterocycles. The molecule has 3 N–H and O–H groups in total. The first kappa shape index (κ1) is 18.0. The molecule has 0 radical (unpaired) electrons. The first-order valence-electron chi connectivity index (χ1n) is 7.16. The number of hydrogen-bond acceptors (Lipinski definition) is 5. The van der Waals surface area contributed by atoms with E-state index in [0.29, 0.717) is 17.6 Å². The third-order valence-corrected chi connectivity index (χ3v) is 3.03. The average Bonchev–Trinajstić information content (AvgIpc) is 2.47. The molecule has 2 atom stereocenters. The second-order valence-electron chi connectivity index (χ2n) is 4.94. The molecule has 1 rings (SSSR count). The van der Waals surface area contributed by atoms with Crippen molar-refractivity contribution in [3.05, 3.63) is 47.2 Å². The lowest BCUT2D eigenvalue weighted by atomic mass is 10.1. The van der Waals surface area contributed by atoms with Crippen LogP contribution in [0.2, 0.25) is 0 Å². The zero-order chi connectivity index (χ0) is 16.5. The Balaban J connectivity index is 2.55. The van der Waals surface area contributed by atoms with Gasteiger partial charge >= 0.3 is 5.97 Å². The van der Waals surface area contributed by atoms with Crippen molar-refractivity contribution in [3.8, 4) is 5.75 Å². The summed E-state index contributed by atoms with van der Waals surface area (Å²) in [5, 5.41) is 28.8. The first-order valence-corrected chi connectivity index (χ1v) is 7.16. The minimum Gasteiger partial charge on any atom is -0.508 e. The molecule has 5 heteroatoms. The fourth-order valence-electron chi connectivity index (χ4n) is 1.85. The molecule has 5 nitrogen and oxygen atoms in total. The van der Waals surface area contributed by atoms with Crippen LogP contribution < -0.4 is 0 Å². The molecule has 0 fully saturated rings. The summed E-state index contributed by atoms with van der Waals surface area (Å²) in [6.45, 7) is 3.65. The van der Waals surface area contributed by atoms with Crippen molar-refractivity contribution in [2.24, 2.45) is 0 Å². The van der Waals surface area contributed by atoms with Gasteiger partial charge in [0.25, 0.3) is 0 Å². The Labute approximate surface area is 130 Å². The van der Waals surface area contributed by atoms with Gasteiger partial charge in [-0.15, -0.1) is 5.73 Å². The van der Waals surface area contributed by atoms with Gasteiger partial charge in [-0.3, -0.25) is 0 Å². The number of carbonyl (C=O) groups is 1. The molecule has 120 valence electrons.